The Morgan fingerprint density at radius 3 is 2.88 bits per heavy atom. The molecule has 0 aliphatic heterocycles. The van der Waals surface area contributed by atoms with Crippen molar-refractivity contribution < 1.29 is 13.2 Å². The van der Waals surface area contributed by atoms with E-state index in [-0.39, 0.29) is 5.95 Å². The van der Waals surface area contributed by atoms with Gasteiger partial charge in [-0.15, -0.1) is 0 Å². The van der Waals surface area contributed by atoms with E-state index < -0.39 is 12.2 Å². The predicted octanol–water partition coefficient (Wildman–Crippen LogP) is 3.64. The van der Waals surface area contributed by atoms with Gasteiger partial charge in [0.2, 0.25) is 5.95 Å². The van der Waals surface area contributed by atoms with Gasteiger partial charge < -0.3 is 14.7 Å². The second kappa shape index (κ2) is 5.47. The van der Waals surface area contributed by atoms with Crippen LogP contribution in [0.25, 0.3) is 27.8 Å². The van der Waals surface area contributed by atoms with Gasteiger partial charge in [-0.2, -0.15) is 18.2 Å². The molecule has 4 rings (SSSR count). The molecular formula is C16H13F3N6. The normalized spacial score (nSPS) is 13.4. The van der Waals surface area contributed by atoms with E-state index >= 15 is 0 Å². The summed E-state index contributed by atoms with van der Waals surface area (Å²) in [6, 6.07) is 2.07. The van der Waals surface area contributed by atoms with Crippen molar-refractivity contribution in [3.8, 4) is 11.1 Å². The van der Waals surface area contributed by atoms with Crippen molar-refractivity contribution in [2.24, 2.45) is 0 Å². The average Bonchev–Trinajstić information content (AvgIpc) is 3.19. The number of hydrogen-bond acceptors (Lipinski definition) is 4. The number of H-pyrrole nitrogens is 1. The largest absolute Gasteiger partial charge is 0.408 e. The van der Waals surface area contributed by atoms with E-state index in [0.717, 1.165) is 29.1 Å². The zero-order valence-electron chi connectivity index (χ0n) is 13.0. The Morgan fingerprint density at radius 1 is 1.24 bits per heavy atom. The molecule has 0 aliphatic rings. The van der Waals surface area contributed by atoms with Crippen LogP contribution >= 0.6 is 0 Å². The highest BCUT2D eigenvalue weighted by molar-refractivity contribution is 5.93. The third-order valence-corrected chi connectivity index (χ3v) is 3.97. The van der Waals surface area contributed by atoms with Gasteiger partial charge in [-0.05, 0) is 19.1 Å². The third-order valence-electron chi connectivity index (χ3n) is 3.97. The molecule has 0 aromatic carbocycles. The summed E-state index contributed by atoms with van der Waals surface area (Å²) in [5.74, 6) is -0.0733. The van der Waals surface area contributed by atoms with Gasteiger partial charge in [0.15, 0.2) is 0 Å². The number of nitrogens with one attached hydrogen (secondary N) is 2. The van der Waals surface area contributed by atoms with E-state index in [2.05, 4.69) is 25.3 Å². The number of pyridine rings is 1. The van der Waals surface area contributed by atoms with Gasteiger partial charge in [0.25, 0.3) is 0 Å². The van der Waals surface area contributed by atoms with Gasteiger partial charge >= 0.3 is 6.18 Å². The molecule has 0 fully saturated rings. The lowest BCUT2D eigenvalue weighted by Crippen LogP contribution is -2.33. The fourth-order valence-corrected chi connectivity index (χ4v) is 2.57. The highest BCUT2D eigenvalue weighted by Gasteiger charge is 2.36. The minimum absolute atomic E-state index is 0.0733. The van der Waals surface area contributed by atoms with E-state index in [4.69, 9.17) is 0 Å². The summed E-state index contributed by atoms with van der Waals surface area (Å²) in [7, 11) is 0. The highest BCUT2D eigenvalue weighted by atomic mass is 19.4. The molecule has 0 aliphatic carbocycles. The van der Waals surface area contributed by atoms with Crippen LogP contribution in [0.1, 0.15) is 6.92 Å². The quantitative estimate of drug-likeness (QED) is 0.594. The molecule has 4 aromatic rings. The fraction of sp³-hybridized carbons (Fsp3) is 0.188. The van der Waals surface area contributed by atoms with E-state index in [1.165, 1.54) is 6.20 Å². The molecule has 0 radical (unpaired) electrons. The van der Waals surface area contributed by atoms with E-state index in [1.807, 2.05) is 28.9 Å². The van der Waals surface area contributed by atoms with Crippen molar-refractivity contribution in [1.82, 2.24) is 24.3 Å². The number of hydrogen-bond donors (Lipinski definition) is 2. The van der Waals surface area contributed by atoms with E-state index in [1.54, 1.807) is 12.4 Å². The Bertz CT molecular complexity index is 1050. The molecule has 1 unspecified atom stereocenters. The molecule has 0 spiro atoms. The molecular weight excluding hydrogens is 333 g/mol. The number of imidazole rings is 1. The Balaban J connectivity index is 1.70. The summed E-state index contributed by atoms with van der Waals surface area (Å²) in [4.78, 5) is 15.3. The predicted molar refractivity (Wildman–Crippen MR) is 87.2 cm³/mol. The van der Waals surface area contributed by atoms with Crippen molar-refractivity contribution >= 4 is 22.6 Å². The van der Waals surface area contributed by atoms with Gasteiger partial charge in [0.05, 0.1) is 0 Å². The van der Waals surface area contributed by atoms with Gasteiger partial charge in [-0.1, -0.05) is 0 Å². The first kappa shape index (κ1) is 15.4. The molecule has 0 saturated heterocycles. The molecule has 25 heavy (non-hydrogen) atoms. The average molecular weight is 346 g/mol. The molecule has 6 nitrogen and oxygen atoms in total. The van der Waals surface area contributed by atoms with Gasteiger partial charge in [0, 0.05) is 47.5 Å². The molecule has 9 heteroatoms. The number of aromatic nitrogens is 5. The number of halogens is 3. The SMILES string of the molecule is CC(Nc1ncc2c(-c3ccc4nccn4c3)c[nH]c2n1)C(F)(F)F. The zero-order chi connectivity index (χ0) is 17.6. The highest BCUT2D eigenvalue weighted by Crippen LogP contribution is 2.28. The lowest BCUT2D eigenvalue weighted by molar-refractivity contribution is -0.138. The topological polar surface area (TPSA) is 70.9 Å². The van der Waals surface area contributed by atoms with Crippen LogP contribution in [0.15, 0.2) is 43.1 Å². The smallest absolute Gasteiger partial charge is 0.345 e. The minimum Gasteiger partial charge on any atom is -0.345 e. The van der Waals surface area contributed by atoms with E-state index in [0.29, 0.717) is 5.65 Å². The van der Waals surface area contributed by atoms with Crippen LogP contribution in [-0.4, -0.2) is 36.6 Å². The summed E-state index contributed by atoms with van der Waals surface area (Å²) in [6.07, 6.45) is 4.37. The number of fused-ring (bicyclic) bond motifs is 2. The zero-order valence-corrected chi connectivity index (χ0v) is 13.0. The van der Waals surface area contributed by atoms with Crippen molar-refractivity contribution in [2.45, 2.75) is 19.1 Å². The van der Waals surface area contributed by atoms with Crippen molar-refractivity contribution in [2.75, 3.05) is 5.32 Å². The van der Waals surface area contributed by atoms with Crippen molar-refractivity contribution in [3.05, 3.63) is 43.1 Å². The van der Waals surface area contributed by atoms with Crippen molar-refractivity contribution in [3.63, 3.8) is 0 Å². The standard InChI is InChI=1S/C16H13F3N6/c1-9(16(17,18)19)23-15-22-7-12-11(6-21-14(12)24-15)10-2-3-13-20-4-5-25(13)8-10/h2-9H,1H3,(H2,21,22,23,24). The molecule has 2 N–H and O–H groups in total. The Hall–Kier alpha value is -3.10. The number of alkyl halides is 3. The van der Waals surface area contributed by atoms with Crippen LogP contribution in [0.2, 0.25) is 0 Å². The van der Waals surface area contributed by atoms with E-state index in [9.17, 15) is 13.2 Å². The number of rotatable bonds is 3. The fourth-order valence-electron chi connectivity index (χ4n) is 2.57. The Labute approximate surface area is 139 Å². The van der Waals surface area contributed by atoms with Crippen LogP contribution < -0.4 is 5.32 Å². The number of anilines is 1. The molecule has 128 valence electrons. The maximum absolute atomic E-state index is 12.6. The maximum Gasteiger partial charge on any atom is 0.408 e. The lowest BCUT2D eigenvalue weighted by atomic mass is 10.1. The Morgan fingerprint density at radius 2 is 2.08 bits per heavy atom. The first-order valence-corrected chi connectivity index (χ1v) is 7.52. The summed E-state index contributed by atoms with van der Waals surface area (Å²) >= 11 is 0. The molecule has 4 heterocycles. The summed E-state index contributed by atoms with van der Waals surface area (Å²) in [5, 5.41) is 2.99. The van der Waals surface area contributed by atoms with Crippen LogP contribution in [0, 0.1) is 0 Å². The number of aromatic amines is 1. The number of nitrogens with zero attached hydrogens (tertiary/aromatic N) is 4. The van der Waals surface area contributed by atoms with Crippen molar-refractivity contribution in [1.29, 1.82) is 0 Å². The monoisotopic (exact) mass is 346 g/mol. The summed E-state index contributed by atoms with van der Waals surface area (Å²) in [5.41, 5.74) is 3.07. The lowest BCUT2D eigenvalue weighted by Gasteiger charge is -2.16. The molecule has 1 atom stereocenters. The summed E-state index contributed by atoms with van der Waals surface area (Å²) < 4.78 is 39.8. The first-order valence-electron chi connectivity index (χ1n) is 7.52. The molecule has 4 aromatic heterocycles. The Kier molecular flexibility index (Phi) is 3.38. The maximum atomic E-state index is 12.6. The van der Waals surface area contributed by atoms with Gasteiger partial charge in [-0.3, -0.25) is 0 Å². The second-order valence-corrected chi connectivity index (χ2v) is 5.68. The minimum atomic E-state index is -4.36. The van der Waals surface area contributed by atoms with Crippen LogP contribution in [0.3, 0.4) is 0 Å². The van der Waals surface area contributed by atoms with Crippen LogP contribution in [0.5, 0.6) is 0 Å². The summed E-state index contributed by atoms with van der Waals surface area (Å²) in [6.45, 7) is 1.02. The molecule has 0 saturated carbocycles. The molecule has 0 amide bonds. The van der Waals surface area contributed by atoms with Gasteiger partial charge in [0.1, 0.15) is 17.3 Å². The molecule has 0 bridgehead atoms. The third kappa shape index (κ3) is 2.77. The van der Waals surface area contributed by atoms with Crippen LogP contribution in [-0.2, 0) is 0 Å². The first-order chi connectivity index (χ1) is 11.9. The second-order valence-electron chi connectivity index (χ2n) is 5.68. The van der Waals surface area contributed by atoms with Gasteiger partial charge in [-0.25, -0.2) is 9.97 Å². The van der Waals surface area contributed by atoms with Crippen LogP contribution in [0.4, 0.5) is 19.1 Å².